The summed E-state index contributed by atoms with van der Waals surface area (Å²) in [6.45, 7) is 4.98. The predicted molar refractivity (Wildman–Crippen MR) is 139 cm³/mol. The molecule has 2 amide bonds. The summed E-state index contributed by atoms with van der Waals surface area (Å²) in [5.74, 6) is 1.25. The zero-order valence-corrected chi connectivity index (χ0v) is 20.7. The Morgan fingerprint density at radius 3 is 1.51 bits per heavy atom. The van der Waals surface area contributed by atoms with E-state index in [2.05, 4.69) is 21.1 Å². The summed E-state index contributed by atoms with van der Waals surface area (Å²) >= 11 is 0. The van der Waals surface area contributed by atoms with Crippen molar-refractivity contribution >= 4 is 24.2 Å². The molecule has 0 bridgehead atoms. The molecule has 0 aromatic heterocycles. The van der Waals surface area contributed by atoms with Crippen molar-refractivity contribution in [2.75, 3.05) is 13.2 Å². The second kappa shape index (κ2) is 16.9. The fraction of sp³-hybridized carbons (Fsp3) is 0.407. The lowest BCUT2D eigenvalue weighted by atomic mass is 10.1. The number of nitrogens with one attached hydrogen (secondary N) is 2. The van der Waals surface area contributed by atoms with Crippen LogP contribution in [0.4, 0.5) is 0 Å². The van der Waals surface area contributed by atoms with E-state index in [1.165, 1.54) is 0 Å². The van der Waals surface area contributed by atoms with Crippen LogP contribution in [-0.2, 0) is 9.59 Å². The van der Waals surface area contributed by atoms with Gasteiger partial charge in [-0.2, -0.15) is 10.2 Å². The first-order valence-electron chi connectivity index (χ1n) is 12.2. The van der Waals surface area contributed by atoms with Gasteiger partial charge < -0.3 is 9.47 Å². The Balaban J connectivity index is 1.53. The van der Waals surface area contributed by atoms with Gasteiger partial charge in [-0.25, -0.2) is 10.9 Å². The monoisotopic (exact) mass is 480 g/mol. The molecule has 8 nitrogen and oxygen atoms in total. The average Bonchev–Trinajstić information content (AvgIpc) is 2.86. The van der Waals surface area contributed by atoms with Gasteiger partial charge in [0.25, 0.3) is 0 Å². The molecule has 0 aliphatic carbocycles. The second-order valence-electron chi connectivity index (χ2n) is 7.80. The van der Waals surface area contributed by atoms with Crippen molar-refractivity contribution in [2.24, 2.45) is 10.2 Å². The maximum absolute atomic E-state index is 12.0. The number of hydrogen-bond donors (Lipinski definition) is 2. The number of carbonyl (C=O) groups is 2. The molecule has 8 heteroatoms. The third-order valence-corrected chi connectivity index (χ3v) is 5.03. The van der Waals surface area contributed by atoms with Crippen molar-refractivity contribution in [3.8, 4) is 11.5 Å². The van der Waals surface area contributed by atoms with Gasteiger partial charge in [0.1, 0.15) is 11.5 Å². The maximum atomic E-state index is 12.0. The molecule has 188 valence electrons. The summed E-state index contributed by atoms with van der Waals surface area (Å²) in [7, 11) is 0. The van der Waals surface area contributed by atoms with Gasteiger partial charge in [0.05, 0.1) is 25.6 Å². The molecule has 2 rings (SSSR count). The molecule has 0 atom stereocenters. The van der Waals surface area contributed by atoms with Crippen LogP contribution in [0.15, 0.2) is 58.7 Å². The van der Waals surface area contributed by atoms with E-state index >= 15 is 0 Å². The number of carbonyl (C=O) groups excluding carboxylic acids is 2. The van der Waals surface area contributed by atoms with E-state index in [0.29, 0.717) is 26.1 Å². The van der Waals surface area contributed by atoms with Crippen LogP contribution in [0.3, 0.4) is 0 Å². The third-order valence-electron chi connectivity index (χ3n) is 5.03. The van der Waals surface area contributed by atoms with E-state index in [-0.39, 0.29) is 11.8 Å². The van der Waals surface area contributed by atoms with Gasteiger partial charge in [-0.3, -0.25) is 9.59 Å². The smallest absolute Gasteiger partial charge is 0.240 e. The van der Waals surface area contributed by atoms with Gasteiger partial charge in [0.2, 0.25) is 11.8 Å². The van der Waals surface area contributed by atoms with E-state index in [1.807, 2.05) is 62.4 Å². The van der Waals surface area contributed by atoms with E-state index < -0.39 is 0 Å². The zero-order valence-electron chi connectivity index (χ0n) is 20.7. The Bertz CT molecular complexity index is 898. The summed E-state index contributed by atoms with van der Waals surface area (Å²) < 4.78 is 11.1. The number of hydrogen-bond acceptors (Lipinski definition) is 6. The first kappa shape index (κ1) is 27.6. The summed E-state index contributed by atoms with van der Waals surface area (Å²) in [6.07, 6.45) is 8.42. The van der Waals surface area contributed by atoms with E-state index in [9.17, 15) is 9.59 Å². The summed E-state index contributed by atoms with van der Waals surface area (Å²) in [5.41, 5.74) is 6.76. The summed E-state index contributed by atoms with van der Waals surface area (Å²) in [4.78, 5) is 23.9. The second-order valence-corrected chi connectivity index (χ2v) is 7.80. The molecule has 0 radical (unpaired) electrons. The number of nitrogens with zero attached hydrogens (tertiary/aromatic N) is 2. The van der Waals surface area contributed by atoms with Gasteiger partial charge in [-0.05, 0) is 51.0 Å². The van der Waals surface area contributed by atoms with Crippen LogP contribution in [0.2, 0.25) is 0 Å². The first-order valence-corrected chi connectivity index (χ1v) is 12.2. The van der Waals surface area contributed by atoms with Crippen molar-refractivity contribution in [1.82, 2.24) is 10.9 Å². The highest BCUT2D eigenvalue weighted by molar-refractivity contribution is 5.85. The van der Waals surface area contributed by atoms with Crippen molar-refractivity contribution in [3.05, 3.63) is 59.7 Å². The highest BCUT2D eigenvalue weighted by Crippen LogP contribution is 2.16. The molecule has 0 aliphatic heterocycles. The minimum atomic E-state index is -0.113. The number of ether oxygens (including phenoxy) is 2. The number of amides is 2. The van der Waals surface area contributed by atoms with Crippen LogP contribution in [0, 0.1) is 0 Å². The fourth-order valence-electron chi connectivity index (χ4n) is 3.31. The van der Waals surface area contributed by atoms with Crippen LogP contribution >= 0.6 is 0 Å². The molecule has 2 aromatic rings. The topological polar surface area (TPSA) is 101 Å². The highest BCUT2D eigenvalue weighted by Gasteiger charge is 2.03. The SMILES string of the molecule is CCOc1ccccc1/C=N/NC(=O)CCCCCCCC(=O)N/N=C/c1ccccc1OCC. The van der Waals surface area contributed by atoms with E-state index in [1.54, 1.807) is 12.4 Å². The molecular weight excluding hydrogens is 444 g/mol. The van der Waals surface area contributed by atoms with Crippen LogP contribution in [-0.4, -0.2) is 37.5 Å². The quantitative estimate of drug-likeness (QED) is 0.204. The Kier molecular flexibility index (Phi) is 13.3. The molecule has 0 spiro atoms. The van der Waals surface area contributed by atoms with Gasteiger partial charge in [0, 0.05) is 24.0 Å². The number of rotatable bonds is 16. The molecule has 2 N–H and O–H groups in total. The Morgan fingerprint density at radius 1 is 0.686 bits per heavy atom. The average molecular weight is 481 g/mol. The largest absolute Gasteiger partial charge is 0.493 e. The van der Waals surface area contributed by atoms with Crippen molar-refractivity contribution < 1.29 is 19.1 Å². The highest BCUT2D eigenvalue weighted by atomic mass is 16.5. The molecule has 2 aromatic carbocycles. The van der Waals surface area contributed by atoms with Crippen LogP contribution in [0.25, 0.3) is 0 Å². The lowest BCUT2D eigenvalue weighted by Crippen LogP contribution is -2.17. The Morgan fingerprint density at radius 2 is 1.09 bits per heavy atom. The van der Waals surface area contributed by atoms with Crippen molar-refractivity contribution in [3.63, 3.8) is 0 Å². The molecular formula is C27H36N4O4. The first-order chi connectivity index (χ1) is 17.1. The predicted octanol–water partition coefficient (Wildman–Crippen LogP) is 4.82. The van der Waals surface area contributed by atoms with Crippen molar-refractivity contribution in [1.29, 1.82) is 0 Å². The summed E-state index contributed by atoms with van der Waals surface area (Å²) in [6, 6.07) is 15.1. The van der Waals surface area contributed by atoms with Gasteiger partial charge in [-0.1, -0.05) is 43.5 Å². The lowest BCUT2D eigenvalue weighted by molar-refractivity contribution is -0.121. The van der Waals surface area contributed by atoms with Gasteiger partial charge in [-0.15, -0.1) is 0 Å². The number of para-hydroxylation sites is 2. The fourth-order valence-corrected chi connectivity index (χ4v) is 3.31. The standard InChI is InChI=1S/C27H36N4O4/c1-3-34-24-16-12-10-14-22(24)20-28-30-26(32)18-8-6-5-7-9-19-27(33)31-29-21-23-15-11-13-17-25(23)35-4-2/h10-17,20-21H,3-9,18-19H2,1-2H3,(H,30,32)(H,31,33)/b28-20+,29-21+. The lowest BCUT2D eigenvalue weighted by Gasteiger charge is -2.06. The van der Waals surface area contributed by atoms with Crippen LogP contribution < -0.4 is 20.3 Å². The third kappa shape index (κ3) is 11.3. The number of benzene rings is 2. The molecule has 0 fully saturated rings. The molecule has 0 heterocycles. The van der Waals surface area contributed by atoms with E-state index in [0.717, 1.165) is 54.7 Å². The molecule has 0 unspecified atom stereocenters. The van der Waals surface area contributed by atoms with Gasteiger partial charge in [0.15, 0.2) is 0 Å². The normalized spacial score (nSPS) is 11.0. The zero-order chi connectivity index (χ0) is 25.1. The molecule has 0 saturated heterocycles. The number of unbranched alkanes of at least 4 members (excludes halogenated alkanes) is 4. The number of hydrazone groups is 2. The van der Waals surface area contributed by atoms with Crippen LogP contribution in [0.1, 0.15) is 69.9 Å². The minimum absolute atomic E-state index is 0.113. The minimum Gasteiger partial charge on any atom is -0.493 e. The summed E-state index contributed by atoms with van der Waals surface area (Å²) in [5, 5.41) is 8.04. The molecule has 0 aliphatic rings. The van der Waals surface area contributed by atoms with Crippen LogP contribution in [0.5, 0.6) is 11.5 Å². The molecule has 0 saturated carbocycles. The maximum Gasteiger partial charge on any atom is 0.240 e. The van der Waals surface area contributed by atoms with E-state index in [4.69, 9.17) is 9.47 Å². The Labute approximate surface area is 207 Å². The van der Waals surface area contributed by atoms with Gasteiger partial charge >= 0.3 is 0 Å². The molecule has 35 heavy (non-hydrogen) atoms. The Hall–Kier alpha value is -3.68. The van der Waals surface area contributed by atoms with Crippen molar-refractivity contribution in [2.45, 2.75) is 58.8 Å².